The first-order valence-corrected chi connectivity index (χ1v) is 9.41. The molecule has 0 radical (unpaired) electrons. The molecule has 0 amide bonds. The Labute approximate surface area is 192 Å². The van der Waals surface area contributed by atoms with E-state index in [-0.39, 0.29) is 21.2 Å². The second-order valence-electron chi connectivity index (χ2n) is 6.19. The van der Waals surface area contributed by atoms with Gasteiger partial charge in [-0.15, -0.1) is 0 Å². The predicted molar refractivity (Wildman–Crippen MR) is 112 cm³/mol. The molecule has 1 unspecified atom stereocenters. The van der Waals surface area contributed by atoms with Crippen molar-refractivity contribution in [1.82, 2.24) is 5.32 Å². The van der Waals surface area contributed by atoms with Crippen molar-refractivity contribution in [2.24, 2.45) is 0 Å². The first-order valence-electron chi connectivity index (χ1n) is 11.2. The predicted octanol–water partition coefficient (Wildman–Crippen LogP) is 4.25. The van der Waals surface area contributed by atoms with Crippen LogP contribution in [0.3, 0.4) is 0 Å². The molecule has 0 bridgehead atoms. The van der Waals surface area contributed by atoms with Crippen LogP contribution in [0.15, 0.2) is 40.7 Å². The molecule has 1 aliphatic rings. The number of nitrogens with one attached hydrogen (secondary N) is 1. The van der Waals surface area contributed by atoms with E-state index in [1.807, 2.05) is 0 Å². The van der Waals surface area contributed by atoms with Gasteiger partial charge in [-0.2, -0.15) is 0 Å². The fourth-order valence-electron chi connectivity index (χ4n) is 3.05. The summed E-state index contributed by atoms with van der Waals surface area (Å²) in [7, 11) is 1.18. The second-order valence-corrected chi connectivity index (χ2v) is 6.97. The van der Waals surface area contributed by atoms with Gasteiger partial charge in [0.25, 0.3) is 0 Å². The summed E-state index contributed by atoms with van der Waals surface area (Å²) in [6, 6.07) is 4.71. The van der Waals surface area contributed by atoms with Crippen LogP contribution in [0.2, 0.25) is 10.0 Å². The average Bonchev–Trinajstić information content (AvgIpc) is 2.73. The molecule has 0 spiro atoms. The highest BCUT2D eigenvalue weighted by molar-refractivity contribution is 6.42. The fraction of sp³-hybridized carbons (Fsp3) is 0.381. The quantitative estimate of drug-likeness (QED) is 0.480. The lowest BCUT2D eigenvalue weighted by atomic mass is 9.80. The van der Waals surface area contributed by atoms with Crippen molar-refractivity contribution in [3.8, 4) is 0 Å². The van der Waals surface area contributed by atoms with Crippen LogP contribution >= 0.6 is 23.2 Å². The molecule has 7 nitrogen and oxygen atoms in total. The largest absolute Gasteiger partial charge is 0.466 e. The van der Waals surface area contributed by atoms with Gasteiger partial charge in [-0.1, -0.05) is 42.2 Å². The number of esters is 3. The van der Waals surface area contributed by atoms with E-state index in [0.29, 0.717) is 17.0 Å². The average molecular weight is 461 g/mol. The van der Waals surface area contributed by atoms with Gasteiger partial charge in [0.05, 0.1) is 34.2 Å². The zero-order valence-electron chi connectivity index (χ0n) is 21.4. The summed E-state index contributed by atoms with van der Waals surface area (Å²) < 4.78 is 51.0. The number of halogens is 2. The number of methoxy groups -OCH3 is 1. The summed E-state index contributed by atoms with van der Waals surface area (Å²) in [4.78, 5) is 37.6. The standard InChI is InChI=1S/C21H23Cl2NO6/c1-5-7-15(25)29-10-30-21(27)17-12(3)24-11(2)16(20(26)28-4)18(17)13-8-6-9-14(22)19(13)23/h6,8-9,18,24H,5,7,10H2,1-4H3/i1D3,5D2. The summed E-state index contributed by atoms with van der Waals surface area (Å²) >= 11 is 12.6. The topological polar surface area (TPSA) is 90.9 Å². The number of carbonyl (C=O) groups is 3. The Morgan fingerprint density at radius 3 is 2.43 bits per heavy atom. The molecule has 1 aromatic rings. The zero-order valence-corrected chi connectivity index (χ0v) is 17.9. The lowest BCUT2D eigenvalue weighted by molar-refractivity contribution is -0.164. The van der Waals surface area contributed by atoms with Gasteiger partial charge >= 0.3 is 17.9 Å². The van der Waals surface area contributed by atoms with E-state index in [9.17, 15) is 14.4 Å². The monoisotopic (exact) mass is 460 g/mol. The summed E-state index contributed by atoms with van der Waals surface area (Å²) in [5.74, 6) is -3.96. The third kappa shape index (κ3) is 5.15. The lowest BCUT2D eigenvalue weighted by Crippen LogP contribution is -2.32. The van der Waals surface area contributed by atoms with Gasteiger partial charge in [-0.3, -0.25) is 4.79 Å². The molecule has 1 aliphatic heterocycles. The smallest absolute Gasteiger partial charge is 0.339 e. The highest BCUT2D eigenvalue weighted by Crippen LogP contribution is 2.43. The molecule has 1 aromatic carbocycles. The van der Waals surface area contributed by atoms with Crippen molar-refractivity contribution >= 4 is 41.1 Å². The summed E-state index contributed by atoms with van der Waals surface area (Å²) in [5, 5.41) is 3.21. The van der Waals surface area contributed by atoms with Crippen LogP contribution in [-0.4, -0.2) is 31.8 Å². The summed E-state index contributed by atoms with van der Waals surface area (Å²) in [6.07, 6.45) is -3.90. The maximum atomic E-state index is 13.1. The Morgan fingerprint density at radius 1 is 1.13 bits per heavy atom. The molecule has 1 heterocycles. The van der Waals surface area contributed by atoms with Crippen molar-refractivity contribution in [2.45, 2.75) is 39.4 Å². The number of hydrogen-bond donors (Lipinski definition) is 1. The van der Waals surface area contributed by atoms with Gasteiger partial charge in [0, 0.05) is 24.7 Å². The Balaban J connectivity index is 2.32. The molecule has 1 N–H and O–H groups in total. The SMILES string of the molecule is [2H]C([2H])([2H])C([2H])([2H])CC(=O)OCOC(=O)C1=C(C)NC(C)=C(C(=O)OC)C1c1cccc(Cl)c1Cl. The molecular weight excluding hydrogens is 433 g/mol. The molecule has 1 atom stereocenters. The highest BCUT2D eigenvalue weighted by Gasteiger charge is 2.39. The van der Waals surface area contributed by atoms with E-state index >= 15 is 0 Å². The lowest BCUT2D eigenvalue weighted by Gasteiger charge is -2.30. The third-order valence-electron chi connectivity index (χ3n) is 4.32. The zero-order chi connectivity index (χ0) is 26.7. The molecule has 9 heteroatoms. The second kappa shape index (κ2) is 10.5. The summed E-state index contributed by atoms with van der Waals surface area (Å²) in [5.41, 5.74) is 1.11. The van der Waals surface area contributed by atoms with Gasteiger partial charge in [0.15, 0.2) is 0 Å². The molecule has 0 saturated carbocycles. The van der Waals surface area contributed by atoms with Gasteiger partial charge in [0.1, 0.15) is 0 Å². The highest BCUT2D eigenvalue weighted by atomic mass is 35.5. The number of benzene rings is 1. The first kappa shape index (κ1) is 17.2. The van der Waals surface area contributed by atoms with Crippen LogP contribution < -0.4 is 5.32 Å². The molecule has 0 aromatic heterocycles. The van der Waals surface area contributed by atoms with Crippen molar-refractivity contribution in [2.75, 3.05) is 13.9 Å². The maximum Gasteiger partial charge on any atom is 0.339 e. The van der Waals surface area contributed by atoms with E-state index in [1.165, 1.54) is 13.2 Å². The Hall–Kier alpha value is -2.51. The normalized spacial score (nSPS) is 19.5. The number of rotatable bonds is 7. The number of allylic oxidation sites excluding steroid dienone is 2. The molecule has 0 aliphatic carbocycles. The summed E-state index contributed by atoms with van der Waals surface area (Å²) in [6.45, 7) is -0.783. The Morgan fingerprint density at radius 2 is 1.80 bits per heavy atom. The van der Waals surface area contributed by atoms with E-state index < -0.39 is 50.3 Å². The van der Waals surface area contributed by atoms with Gasteiger partial charge in [-0.25, -0.2) is 9.59 Å². The van der Waals surface area contributed by atoms with E-state index in [4.69, 9.17) is 44.3 Å². The fourth-order valence-corrected chi connectivity index (χ4v) is 3.47. The number of carbonyl (C=O) groups excluding carboxylic acids is 3. The van der Waals surface area contributed by atoms with Crippen molar-refractivity contribution in [3.63, 3.8) is 0 Å². The molecular formula is C21H23Cl2NO6. The first-order chi connectivity index (χ1) is 16.1. The van der Waals surface area contributed by atoms with Crippen LogP contribution in [0.25, 0.3) is 0 Å². The van der Waals surface area contributed by atoms with Gasteiger partial charge < -0.3 is 19.5 Å². The Kier molecular flexibility index (Phi) is 6.02. The minimum atomic E-state index is -3.05. The molecule has 0 saturated heterocycles. The van der Waals surface area contributed by atoms with Crippen molar-refractivity contribution < 1.29 is 35.4 Å². The number of dihydropyridines is 1. The van der Waals surface area contributed by atoms with E-state index in [1.54, 1.807) is 26.0 Å². The van der Waals surface area contributed by atoms with E-state index in [2.05, 4.69) is 5.32 Å². The van der Waals surface area contributed by atoms with Gasteiger partial charge in [-0.05, 0) is 31.9 Å². The minimum Gasteiger partial charge on any atom is -0.466 e. The Bertz CT molecular complexity index is 1100. The molecule has 162 valence electrons. The molecule has 30 heavy (non-hydrogen) atoms. The van der Waals surface area contributed by atoms with Crippen molar-refractivity contribution in [1.29, 1.82) is 0 Å². The van der Waals surface area contributed by atoms with Crippen LogP contribution in [0.1, 0.15) is 51.8 Å². The third-order valence-corrected chi connectivity index (χ3v) is 5.15. The maximum absolute atomic E-state index is 13.1. The molecule has 0 fully saturated rings. The van der Waals surface area contributed by atoms with Crippen LogP contribution in [0.4, 0.5) is 0 Å². The van der Waals surface area contributed by atoms with Crippen LogP contribution in [0, 0.1) is 0 Å². The minimum absolute atomic E-state index is 0.0333. The van der Waals surface area contributed by atoms with Gasteiger partial charge in [0.2, 0.25) is 6.79 Å². The van der Waals surface area contributed by atoms with Crippen LogP contribution in [0.5, 0.6) is 0 Å². The van der Waals surface area contributed by atoms with Crippen molar-refractivity contribution in [3.05, 3.63) is 56.3 Å². The van der Waals surface area contributed by atoms with E-state index in [0.717, 1.165) is 0 Å². The molecule has 2 rings (SSSR count). The number of hydrogen-bond acceptors (Lipinski definition) is 7. The van der Waals surface area contributed by atoms with Crippen LogP contribution in [-0.2, 0) is 28.6 Å². The number of ether oxygens (including phenoxy) is 3.